The first-order valence-electron chi connectivity index (χ1n) is 9.83. The van der Waals surface area contributed by atoms with Gasteiger partial charge in [0.05, 0.1) is 17.7 Å². The van der Waals surface area contributed by atoms with E-state index >= 15 is 0 Å². The summed E-state index contributed by atoms with van der Waals surface area (Å²) >= 11 is 0. The van der Waals surface area contributed by atoms with Crippen LogP contribution in [0.25, 0.3) is 0 Å². The topological polar surface area (TPSA) is 164 Å². The van der Waals surface area contributed by atoms with Crippen LogP contribution in [0.3, 0.4) is 0 Å². The second-order valence-electron chi connectivity index (χ2n) is 7.00. The van der Waals surface area contributed by atoms with Gasteiger partial charge in [0.25, 0.3) is 0 Å². The Morgan fingerprint density at radius 2 is 1.55 bits per heavy atom. The molecule has 0 unspecified atom stereocenters. The average Bonchev–Trinajstić information content (AvgIpc) is 3.35. The Balaban J connectivity index is 0.000000454. The summed E-state index contributed by atoms with van der Waals surface area (Å²) in [6, 6.07) is 7.97. The first kappa shape index (κ1) is 24.2. The summed E-state index contributed by atoms with van der Waals surface area (Å²) in [4.78, 5) is 32.4. The third-order valence-electron chi connectivity index (χ3n) is 4.83. The molecule has 1 aromatic carbocycles. The lowest BCUT2D eigenvalue weighted by Gasteiger charge is -2.33. The average molecular weight is 482 g/mol. The van der Waals surface area contributed by atoms with Crippen molar-refractivity contribution in [2.75, 3.05) is 45.9 Å². The van der Waals surface area contributed by atoms with E-state index in [4.69, 9.17) is 33.7 Å². The van der Waals surface area contributed by atoms with Crippen LogP contribution in [0.2, 0.25) is 0 Å². The zero-order valence-corrected chi connectivity index (χ0v) is 18.2. The molecule has 3 heterocycles. The first-order valence-corrected chi connectivity index (χ1v) is 11.3. The molecular formula is C20H22N2O10S. The van der Waals surface area contributed by atoms with Crippen LogP contribution in [0, 0.1) is 0 Å². The highest BCUT2D eigenvalue weighted by Crippen LogP contribution is 2.33. The number of ketones is 1. The Hall–Kier alpha value is -3.42. The van der Waals surface area contributed by atoms with Gasteiger partial charge in [0.2, 0.25) is 15.8 Å². The summed E-state index contributed by atoms with van der Waals surface area (Å²) in [6.07, 6.45) is 1.46. The number of carbonyl (C=O) groups is 3. The van der Waals surface area contributed by atoms with Crippen LogP contribution in [0.15, 0.2) is 45.9 Å². The molecule has 2 N–H and O–H groups in total. The molecule has 0 radical (unpaired) electrons. The molecule has 1 fully saturated rings. The molecule has 2 aliphatic heterocycles. The van der Waals surface area contributed by atoms with Crippen molar-refractivity contribution in [3.05, 3.63) is 42.4 Å². The molecule has 12 nitrogen and oxygen atoms in total. The summed E-state index contributed by atoms with van der Waals surface area (Å²) < 4.78 is 43.3. The second-order valence-corrected chi connectivity index (χ2v) is 8.93. The predicted octanol–water partition coefficient (Wildman–Crippen LogP) is 0.396. The highest BCUT2D eigenvalue weighted by atomic mass is 32.2. The maximum Gasteiger partial charge on any atom is 0.414 e. The summed E-state index contributed by atoms with van der Waals surface area (Å²) in [5.41, 5.74) is 0. The molecule has 0 saturated carbocycles. The molecule has 33 heavy (non-hydrogen) atoms. The lowest BCUT2D eigenvalue weighted by molar-refractivity contribution is -0.159. The van der Waals surface area contributed by atoms with Gasteiger partial charge in [-0.3, -0.25) is 9.69 Å². The SMILES string of the molecule is O=C(CN1CCN(S(=O)(=O)c2ccc3c(c2)OCCO3)CC1)c1ccco1.O=C(O)C(=O)O. The molecule has 1 saturated heterocycles. The molecule has 13 heteroatoms. The van der Waals surface area contributed by atoms with Crippen molar-refractivity contribution in [1.29, 1.82) is 0 Å². The monoisotopic (exact) mass is 482 g/mol. The van der Waals surface area contributed by atoms with E-state index < -0.39 is 22.0 Å². The number of hydrogen-bond donors (Lipinski definition) is 2. The van der Waals surface area contributed by atoms with Gasteiger partial charge in [-0.2, -0.15) is 4.31 Å². The number of benzene rings is 1. The van der Waals surface area contributed by atoms with Gasteiger partial charge < -0.3 is 24.1 Å². The largest absolute Gasteiger partial charge is 0.486 e. The maximum absolute atomic E-state index is 12.9. The number of fused-ring (bicyclic) bond motifs is 1. The zero-order valence-electron chi connectivity index (χ0n) is 17.4. The van der Waals surface area contributed by atoms with Crippen LogP contribution in [-0.2, 0) is 19.6 Å². The van der Waals surface area contributed by atoms with Gasteiger partial charge >= 0.3 is 11.9 Å². The third-order valence-corrected chi connectivity index (χ3v) is 6.72. The van der Waals surface area contributed by atoms with E-state index in [1.54, 1.807) is 18.2 Å². The minimum atomic E-state index is -3.62. The van der Waals surface area contributed by atoms with Gasteiger partial charge in [-0.15, -0.1) is 0 Å². The fourth-order valence-corrected chi connectivity index (χ4v) is 4.62. The number of furan rings is 1. The molecular weight excluding hydrogens is 460 g/mol. The van der Waals surface area contributed by atoms with Gasteiger partial charge in [-0.25, -0.2) is 18.0 Å². The summed E-state index contributed by atoms with van der Waals surface area (Å²) in [6.45, 7) is 2.68. The first-order chi connectivity index (χ1) is 15.7. The Morgan fingerprint density at radius 3 is 2.12 bits per heavy atom. The fraction of sp³-hybridized carbons (Fsp3) is 0.350. The standard InChI is InChI=1S/C18H20N2O6S.C2H2O4/c21-15(16-2-1-9-24-16)13-19-5-7-20(8-6-19)27(22,23)14-3-4-17-18(12-14)26-11-10-25-17;3-1(4)2(5)6/h1-4,9,12H,5-8,10-11,13H2;(H,3,4)(H,5,6). The molecule has 178 valence electrons. The summed E-state index contributed by atoms with van der Waals surface area (Å²) in [5.74, 6) is -2.43. The highest BCUT2D eigenvalue weighted by Gasteiger charge is 2.30. The molecule has 0 spiro atoms. The molecule has 4 rings (SSSR count). The van der Waals surface area contributed by atoms with Crippen LogP contribution in [0.1, 0.15) is 10.6 Å². The van der Waals surface area contributed by atoms with Crippen LogP contribution in [-0.4, -0.2) is 91.5 Å². The minimum absolute atomic E-state index is 0.108. The fourth-order valence-electron chi connectivity index (χ4n) is 3.18. The molecule has 0 bridgehead atoms. The van der Waals surface area contributed by atoms with Crippen molar-refractivity contribution in [2.24, 2.45) is 0 Å². The molecule has 0 aliphatic carbocycles. The lowest BCUT2D eigenvalue weighted by Crippen LogP contribution is -2.49. The van der Waals surface area contributed by atoms with Gasteiger partial charge in [0, 0.05) is 32.2 Å². The summed E-state index contributed by atoms with van der Waals surface area (Å²) in [7, 11) is -3.62. The normalized spacial score (nSPS) is 16.4. The van der Waals surface area contributed by atoms with Crippen LogP contribution in [0.4, 0.5) is 0 Å². The number of piperazine rings is 1. The number of aliphatic carboxylic acids is 2. The van der Waals surface area contributed by atoms with E-state index in [2.05, 4.69) is 0 Å². The zero-order chi connectivity index (χ0) is 24.0. The molecule has 1 aromatic heterocycles. The Labute approximate surface area is 189 Å². The molecule has 2 aromatic rings. The maximum atomic E-state index is 12.9. The Kier molecular flexibility index (Phi) is 7.68. The predicted molar refractivity (Wildman–Crippen MR) is 111 cm³/mol. The number of carboxylic acids is 2. The van der Waals surface area contributed by atoms with Crippen molar-refractivity contribution in [2.45, 2.75) is 4.90 Å². The number of carbonyl (C=O) groups excluding carboxylic acids is 1. The van der Waals surface area contributed by atoms with Crippen LogP contribution >= 0.6 is 0 Å². The second kappa shape index (κ2) is 10.5. The number of nitrogens with zero attached hydrogens (tertiary/aromatic N) is 2. The van der Waals surface area contributed by atoms with Crippen molar-refractivity contribution in [1.82, 2.24) is 9.21 Å². The Morgan fingerprint density at radius 1 is 0.909 bits per heavy atom. The van der Waals surface area contributed by atoms with Crippen LogP contribution < -0.4 is 9.47 Å². The van der Waals surface area contributed by atoms with Crippen molar-refractivity contribution >= 4 is 27.7 Å². The molecule has 0 atom stereocenters. The van der Waals surface area contributed by atoms with E-state index in [0.717, 1.165) is 0 Å². The Bertz CT molecular complexity index is 1090. The number of ether oxygens (including phenoxy) is 2. The van der Waals surface area contributed by atoms with Gasteiger partial charge in [-0.05, 0) is 24.3 Å². The van der Waals surface area contributed by atoms with E-state index in [1.807, 2.05) is 4.90 Å². The summed E-state index contributed by atoms with van der Waals surface area (Å²) in [5, 5.41) is 14.8. The van der Waals surface area contributed by atoms with Gasteiger partial charge in [0.1, 0.15) is 13.2 Å². The van der Waals surface area contributed by atoms with Crippen molar-refractivity contribution < 1.29 is 46.9 Å². The number of hydrogen-bond acceptors (Lipinski definition) is 9. The molecule has 0 amide bonds. The molecule has 2 aliphatic rings. The lowest BCUT2D eigenvalue weighted by atomic mass is 10.2. The quantitative estimate of drug-likeness (QED) is 0.447. The smallest absolute Gasteiger partial charge is 0.414 e. The van der Waals surface area contributed by atoms with Crippen molar-refractivity contribution in [3.8, 4) is 11.5 Å². The van der Waals surface area contributed by atoms with Crippen molar-refractivity contribution in [3.63, 3.8) is 0 Å². The number of rotatable bonds is 5. The van der Waals surface area contributed by atoms with E-state index in [1.165, 1.54) is 22.7 Å². The number of Topliss-reactive ketones (excluding diaryl/α,β-unsaturated/α-hetero) is 1. The highest BCUT2D eigenvalue weighted by molar-refractivity contribution is 7.89. The van der Waals surface area contributed by atoms with E-state index in [9.17, 15) is 13.2 Å². The third kappa shape index (κ3) is 6.09. The number of carboxylic acid groups (broad SMARTS) is 2. The van der Waals surface area contributed by atoms with E-state index in [0.29, 0.717) is 56.7 Å². The van der Waals surface area contributed by atoms with E-state index in [-0.39, 0.29) is 17.2 Å². The van der Waals surface area contributed by atoms with Gasteiger partial charge in [-0.1, -0.05) is 0 Å². The minimum Gasteiger partial charge on any atom is -0.486 e. The van der Waals surface area contributed by atoms with Crippen LogP contribution in [0.5, 0.6) is 11.5 Å². The van der Waals surface area contributed by atoms with Gasteiger partial charge in [0.15, 0.2) is 17.3 Å². The number of sulfonamides is 1.